The van der Waals surface area contributed by atoms with Crippen LogP contribution < -0.4 is 5.32 Å². The molecule has 3 rings (SSSR count). The van der Waals surface area contributed by atoms with Crippen LogP contribution in [0.15, 0.2) is 48.7 Å². The third-order valence-corrected chi connectivity index (χ3v) is 3.21. The number of carbonyl (C=O) groups is 1. The highest BCUT2D eigenvalue weighted by atomic mass is 35.5. The Hall–Kier alpha value is -2.33. The lowest BCUT2D eigenvalue weighted by Gasteiger charge is -2.05. The lowest BCUT2D eigenvalue weighted by atomic mass is 10.1. The van der Waals surface area contributed by atoms with Gasteiger partial charge in [-0.3, -0.25) is 9.89 Å². The average Bonchev–Trinajstić information content (AvgIpc) is 2.86. The highest BCUT2D eigenvalue weighted by molar-refractivity contribution is 6.30. The van der Waals surface area contributed by atoms with Gasteiger partial charge in [0, 0.05) is 16.1 Å². The SMILES string of the molecule is O=C(Cc1cccc(Cl)c1)Nc1ccc2cn[nH]c2c1. The second kappa shape index (κ2) is 5.35. The normalized spacial score (nSPS) is 10.7. The van der Waals surface area contributed by atoms with Crippen LogP contribution in [0.2, 0.25) is 5.02 Å². The van der Waals surface area contributed by atoms with E-state index in [0.29, 0.717) is 11.4 Å². The average molecular weight is 286 g/mol. The Morgan fingerprint density at radius 1 is 1.25 bits per heavy atom. The van der Waals surface area contributed by atoms with Gasteiger partial charge in [0.05, 0.1) is 18.1 Å². The van der Waals surface area contributed by atoms with Gasteiger partial charge in [-0.2, -0.15) is 5.10 Å². The molecule has 0 aliphatic rings. The quantitative estimate of drug-likeness (QED) is 0.775. The number of carbonyl (C=O) groups excluding carboxylic acids is 1. The molecule has 0 saturated heterocycles. The second-order valence-electron chi connectivity index (χ2n) is 4.53. The molecule has 20 heavy (non-hydrogen) atoms. The van der Waals surface area contributed by atoms with E-state index in [2.05, 4.69) is 15.5 Å². The van der Waals surface area contributed by atoms with Crippen molar-refractivity contribution >= 4 is 34.1 Å². The summed E-state index contributed by atoms with van der Waals surface area (Å²) in [6.45, 7) is 0. The first kappa shape index (κ1) is 12.7. The first-order valence-corrected chi connectivity index (χ1v) is 6.56. The summed E-state index contributed by atoms with van der Waals surface area (Å²) in [6.07, 6.45) is 2.04. The summed E-state index contributed by atoms with van der Waals surface area (Å²) in [5, 5.41) is 11.3. The van der Waals surface area contributed by atoms with Crippen LogP contribution in [0.25, 0.3) is 10.9 Å². The molecular weight excluding hydrogens is 274 g/mol. The first-order chi connectivity index (χ1) is 9.70. The molecule has 0 saturated carbocycles. The molecule has 2 aromatic carbocycles. The van der Waals surface area contributed by atoms with E-state index in [1.807, 2.05) is 30.3 Å². The number of nitrogens with one attached hydrogen (secondary N) is 2. The summed E-state index contributed by atoms with van der Waals surface area (Å²) in [7, 11) is 0. The van der Waals surface area contributed by atoms with E-state index in [9.17, 15) is 4.79 Å². The standard InChI is InChI=1S/C15H12ClN3O/c16-12-3-1-2-10(6-12)7-15(20)18-13-5-4-11-9-17-19-14(11)8-13/h1-6,8-9H,7H2,(H,17,19)(H,18,20). The van der Waals surface area contributed by atoms with E-state index < -0.39 is 0 Å². The van der Waals surface area contributed by atoms with Gasteiger partial charge >= 0.3 is 0 Å². The Kier molecular flexibility index (Phi) is 3.39. The van der Waals surface area contributed by atoms with Gasteiger partial charge in [0.15, 0.2) is 0 Å². The topological polar surface area (TPSA) is 57.8 Å². The number of H-pyrrole nitrogens is 1. The fraction of sp³-hybridized carbons (Fsp3) is 0.0667. The van der Waals surface area contributed by atoms with Crippen molar-refractivity contribution in [2.75, 3.05) is 5.32 Å². The minimum Gasteiger partial charge on any atom is -0.326 e. The Balaban J connectivity index is 1.72. The molecule has 1 aromatic heterocycles. The van der Waals surface area contributed by atoms with Crippen molar-refractivity contribution in [3.8, 4) is 0 Å². The molecular formula is C15H12ClN3O. The zero-order valence-corrected chi connectivity index (χ0v) is 11.3. The third-order valence-electron chi connectivity index (χ3n) is 2.98. The van der Waals surface area contributed by atoms with Gasteiger partial charge in [-0.1, -0.05) is 23.7 Å². The molecule has 0 spiro atoms. The number of anilines is 1. The number of amides is 1. The van der Waals surface area contributed by atoms with Crippen LogP contribution in [0.5, 0.6) is 0 Å². The van der Waals surface area contributed by atoms with Gasteiger partial charge < -0.3 is 5.32 Å². The lowest BCUT2D eigenvalue weighted by molar-refractivity contribution is -0.115. The first-order valence-electron chi connectivity index (χ1n) is 6.18. The number of aromatic nitrogens is 2. The molecule has 0 aliphatic carbocycles. The van der Waals surface area contributed by atoms with Gasteiger partial charge in [-0.25, -0.2) is 0 Å². The fourth-order valence-corrected chi connectivity index (χ4v) is 2.27. The van der Waals surface area contributed by atoms with Gasteiger partial charge in [-0.15, -0.1) is 0 Å². The van der Waals surface area contributed by atoms with E-state index in [-0.39, 0.29) is 5.91 Å². The number of nitrogens with zero attached hydrogens (tertiary/aromatic N) is 1. The monoisotopic (exact) mass is 285 g/mol. The van der Waals surface area contributed by atoms with Crippen molar-refractivity contribution in [2.45, 2.75) is 6.42 Å². The van der Waals surface area contributed by atoms with Crippen molar-refractivity contribution < 1.29 is 4.79 Å². The maximum Gasteiger partial charge on any atom is 0.228 e. The number of hydrogen-bond acceptors (Lipinski definition) is 2. The van der Waals surface area contributed by atoms with E-state index in [0.717, 1.165) is 22.2 Å². The Morgan fingerprint density at radius 2 is 2.15 bits per heavy atom. The Bertz CT molecular complexity index is 766. The molecule has 0 aliphatic heterocycles. The van der Waals surface area contributed by atoms with Crippen molar-refractivity contribution in [2.24, 2.45) is 0 Å². The molecule has 0 radical (unpaired) electrons. The van der Waals surface area contributed by atoms with Crippen molar-refractivity contribution in [3.63, 3.8) is 0 Å². The zero-order valence-electron chi connectivity index (χ0n) is 10.6. The van der Waals surface area contributed by atoms with Crippen LogP contribution in [0.3, 0.4) is 0 Å². The lowest BCUT2D eigenvalue weighted by Crippen LogP contribution is -2.14. The number of fused-ring (bicyclic) bond motifs is 1. The molecule has 0 atom stereocenters. The third kappa shape index (κ3) is 2.81. The van der Waals surface area contributed by atoms with Crippen LogP contribution >= 0.6 is 11.6 Å². The van der Waals surface area contributed by atoms with Crippen LogP contribution in [0, 0.1) is 0 Å². The number of benzene rings is 2. The number of halogens is 1. The number of aromatic amines is 1. The summed E-state index contributed by atoms with van der Waals surface area (Å²) in [5.41, 5.74) is 2.52. The van der Waals surface area contributed by atoms with E-state index >= 15 is 0 Å². The summed E-state index contributed by atoms with van der Waals surface area (Å²) < 4.78 is 0. The summed E-state index contributed by atoms with van der Waals surface area (Å²) in [6, 6.07) is 12.9. The molecule has 0 fully saturated rings. The molecule has 1 amide bonds. The van der Waals surface area contributed by atoms with Gasteiger partial charge in [0.1, 0.15) is 0 Å². The van der Waals surface area contributed by atoms with Crippen LogP contribution in [0.1, 0.15) is 5.56 Å². The number of rotatable bonds is 3. The Morgan fingerprint density at radius 3 is 3.00 bits per heavy atom. The van der Waals surface area contributed by atoms with Crippen LogP contribution in [-0.2, 0) is 11.2 Å². The minimum atomic E-state index is -0.0777. The highest BCUT2D eigenvalue weighted by Crippen LogP contribution is 2.17. The molecule has 0 bridgehead atoms. The predicted octanol–water partition coefficient (Wildman–Crippen LogP) is 3.40. The molecule has 2 N–H and O–H groups in total. The maximum absolute atomic E-state index is 12.0. The second-order valence-corrected chi connectivity index (χ2v) is 4.96. The van der Waals surface area contributed by atoms with Gasteiger partial charge in [0.25, 0.3) is 0 Å². The molecule has 5 heteroatoms. The molecule has 4 nitrogen and oxygen atoms in total. The summed E-state index contributed by atoms with van der Waals surface area (Å²) >= 11 is 5.90. The number of hydrogen-bond donors (Lipinski definition) is 2. The molecule has 0 unspecified atom stereocenters. The Labute approximate surface area is 120 Å². The van der Waals surface area contributed by atoms with Crippen molar-refractivity contribution in [3.05, 3.63) is 59.2 Å². The van der Waals surface area contributed by atoms with Gasteiger partial charge in [0.2, 0.25) is 5.91 Å². The van der Waals surface area contributed by atoms with E-state index in [1.54, 1.807) is 18.3 Å². The smallest absolute Gasteiger partial charge is 0.228 e. The van der Waals surface area contributed by atoms with Crippen molar-refractivity contribution in [1.82, 2.24) is 10.2 Å². The summed E-state index contributed by atoms with van der Waals surface area (Å²) in [4.78, 5) is 12.0. The van der Waals surface area contributed by atoms with Crippen molar-refractivity contribution in [1.29, 1.82) is 0 Å². The van der Waals surface area contributed by atoms with E-state index in [4.69, 9.17) is 11.6 Å². The summed E-state index contributed by atoms with van der Waals surface area (Å²) in [5.74, 6) is -0.0777. The largest absolute Gasteiger partial charge is 0.326 e. The molecule has 1 heterocycles. The predicted molar refractivity (Wildman–Crippen MR) is 79.9 cm³/mol. The van der Waals surface area contributed by atoms with E-state index in [1.165, 1.54) is 0 Å². The van der Waals surface area contributed by atoms with Gasteiger partial charge in [-0.05, 0) is 35.9 Å². The highest BCUT2D eigenvalue weighted by Gasteiger charge is 2.05. The maximum atomic E-state index is 12.0. The minimum absolute atomic E-state index is 0.0777. The van der Waals surface area contributed by atoms with Crippen LogP contribution in [-0.4, -0.2) is 16.1 Å². The van der Waals surface area contributed by atoms with Crippen LogP contribution in [0.4, 0.5) is 5.69 Å². The molecule has 3 aromatic rings. The molecule has 100 valence electrons. The zero-order chi connectivity index (χ0) is 13.9. The fourth-order valence-electron chi connectivity index (χ4n) is 2.05.